The quantitative estimate of drug-likeness (QED) is 0.479. The van der Waals surface area contributed by atoms with E-state index in [9.17, 15) is 4.79 Å². The molecule has 0 radical (unpaired) electrons. The highest BCUT2D eigenvalue weighted by atomic mass is 16.5. The van der Waals surface area contributed by atoms with E-state index in [-0.39, 0.29) is 5.69 Å². The van der Waals surface area contributed by atoms with Crippen LogP contribution in [0.1, 0.15) is 21.9 Å². The van der Waals surface area contributed by atoms with Crippen LogP contribution in [0.3, 0.4) is 0 Å². The topological polar surface area (TPSA) is 97.6 Å². The zero-order chi connectivity index (χ0) is 20.7. The molecule has 0 aliphatic carbocycles. The molecule has 4 heterocycles. The summed E-state index contributed by atoms with van der Waals surface area (Å²) in [5, 5.41) is 18.0. The Bertz CT molecular complexity index is 1190. The van der Waals surface area contributed by atoms with E-state index in [1.54, 1.807) is 26.3 Å². The third kappa shape index (κ3) is 3.44. The number of carbonyl (C=O) groups excluding carboxylic acids is 1. The van der Waals surface area contributed by atoms with Crippen LogP contribution in [0, 0.1) is 13.8 Å². The lowest BCUT2D eigenvalue weighted by Gasteiger charge is -2.07. The van der Waals surface area contributed by atoms with Crippen molar-refractivity contribution in [3.8, 4) is 22.5 Å². The van der Waals surface area contributed by atoms with Crippen molar-refractivity contribution in [1.29, 1.82) is 0 Å². The molecule has 150 valence electrons. The Morgan fingerprint density at radius 3 is 2.24 bits per heavy atom. The summed E-state index contributed by atoms with van der Waals surface area (Å²) in [7, 11) is 5.11. The molecule has 0 aliphatic heterocycles. The van der Waals surface area contributed by atoms with Crippen molar-refractivity contribution in [1.82, 2.24) is 39.1 Å². The summed E-state index contributed by atoms with van der Waals surface area (Å²) < 4.78 is 11.8. The number of esters is 1. The molecule has 0 bridgehead atoms. The van der Waals surface area contributed by atoms with Gasteiger partial charge in [0, 0.05) is 43.8 Å². The predicted octanol–water partition coefficient (Wildman–Crippen LogP) is 1.79. The molecule has 0 fully saturated rings. The molecule has 10 nitrogen and oxygen atoms in total. The lowest BCUT2D eigenvalue weighted by molar-refractivity contribution is 0.0593. The minimum Gasteiger partial charge on any atom is -0.464 e. The lowest BCUT2D eigenvalue weighted by Crippen LogP contribution is -2.13. The van der Waals surface area contributed by atoms with Crippen molar-refractivity contribution in [3.05, 3.63) is 47.8 Å². The molecule has 4 aromatic heterocycles. The van der Waals surface area contributed by atoms with Crippen LogP contribution in [-0.2, 0) is 25.5 Å². The van der Waals surface area contributed by atoms with Crippen molar-refractivity contribution in [3.63, 3.8) is 0 Å². The average Bonchev–Trinajstić information content (AvgIpc) is 3.43. The maximum Gasteiger partial charge on any atom is 0.358 e. The van der Waals surface area contributed by atoms with Crippen LogP contribution in [0.5, 0.6) is 0 Å². The first-order chi connectivity index (χ1) is 13.9. The molecule has 0 spiro atoms. The number of rotatable bonds is 5. The number of aryl methyl sites for hydroxylation is 4. The predicted molar refractivity (Wildman–Crippen MR) is 105 cm³/mol. The second-order valence-electron chi connectivity index (χ2n) is 6.89. The molecule has 10 heteroatoms. The van der Waals surface area contributed by atoms with Gasteiger partial charge in [-0.05, 0) is 26.0 Å². The fourth-order valence-corrected chi connectivity index (χ4v) is 3.37. The molecule has 4 aromatic rings. The second-order valence-corrected chi connectivity index (χ2v) is 6.89. The number of ether oxygens (including phenoxy) is 1. The van der Waals surface area contributed by atoms with Gasteiger partial charge in [-0.25, -0.2) is 9.48 Å². The summed E-state index contributed by atoms with van der Waals surface area (Å²) >= 11 is 0. The molecule has 29 heavy (non-hydrogen) atoms. The molecule has 0 unspecified atom stereocenters. The van der Waals surface area contributed by atoms with Gasteiger partial charge in [-0.1, -0.05) is 0 Å². The number of aromatic nitrogens is 8. The van der Waals surface area contributed by atoms with E-state index in [0.29, 0.717) is 6.67 Å². The smallest absolute Gasteiger partial charge is 0.358 e. The molecule has 0 atom stereocenters. The fourth-order valence-electron chi connectivity index (χ4n) is 3.37. The fraction of sp³-hybridized carbons (Fsp3) is 0.316. The number of carbonyl (C=O) groups is 1. The molecular formula is C19H22N8O2. The highest BCUT2D eigenvalue weighted by Gasteiger charge is 2.18. The maximum atomic E-state index is 11.7. The Labute approximate surface area is 167 Å². The van der Waals surface area contributed by atoms with Crippen LogP contribution >= 0.6 is 0 Å². The van der Waals surface area contributed by atoms with E-state index in [0.717, 1.165) is 33.9 Å². The van der Waals surface area contributed by atoms with Gasteiger partial charge in [-0.3, -0.25) is 14.0 Å². The first-order valence-electron chi connectivity index (χ1n) is 9.06. The van der Waals surface area contributed by atoms with E-state index >= 15 is 0 Å². The van der Waals surface area contributed by atoms with Gasteiger partial charge in [-0.15, -0.1) is 0 Å². The second kappa shape index (κ2) is 7.04. The summed E-state index contributed by atoms with van der Waals surface area (Å²) in [5.41, 5.74) is 5.72. The van der Waals surface area contributed by atoms with Gasteiger partial charge in [0.2, 0.25) is 0 Å². The van der Waals surface area contributed by atoms with Gasteiger partial charge in [0.05, 0.1) is 29.9 Å². The summed E-state index contributed by atoms with van der Waals surface area (Å²) in [6.07, 6.45) is 5.64. The van der Waals surface area contributed by atoms with Crippen LogP contribution in [0.25, 0.3) is 22.5 Å². The van der Waals surface area contributed by atoms with Crippen molar-refractivity contribution in [2.45, 2.75) is 20.5 Å². The summed E-state index contributed by atoms with van der Waals surface area (Å²) in [6.45, 7) is 4.25. The number of hydrogen-bond acceptors (Lipinski definition) is 6. The molecule has 0 aromatic carbocycles. The number of methoxy groups -OCH3 is 1. The minimum absolute atomic E-state index is 0.252. The molecule has 0 aliphatic rings. The van der Waals surface area contributed by atoms with Gasteiger partial charge >= 0.3 is 5.97 Å². The molecular weight excluding hydrogens is 372 g/mol. The summed E-state index contributed by atoms with van der Waals surface area (Å²) in [6, 6.07) is 3.65. The Balaban J connectivity index is 1.79. The van der Waals surface area contributed by atoms with E-state index in [1.165, 1.54) is 7.11 Å². The van der Waals surface area contributed by atoms with Crippen molar-refractivity contribution in [2.24, 2.45) is 14.1 Å². The number of nitrogens with zero attached hydrogens (tertiary/aromatic N) is 8. The highest BCUT2D eigenvalue weighted by molar-refractivity contribution is 5.86. The Kier molecular flexibility index (Phi) is 4.53. The molecule has 0 amide bonds. The van der Waals surface area contributed by atoms with Crippen LogP contribution in [-0.4, -0.2) is 52.2 Å². The van der Waals surface area contributed by atoms with Crippen LogP contribution in [0.15, 0.2) is 30.7 Å². The van der Waals surface area contributed by atoms with Gasteiger partial charge in [0.1, 0.15) is 6.67 Å². The maximum absolute atomic E-state index is 11.7. The molecule has 0 saturated carbocycles. The third-order valence-electron chi connectivity index (χ3n) is 4.67. The summed E-state index contributed by atoms with van der Waals surface area (Å²) in [5.74, 6) is -0.473. The largest absolute Gasteiger partial charge is 0.464 e. The third-order valence-corrected chi connectivity index (χ3v) is 4.67. The number of hydrogen-bond donors (Lipinski definition) is 0. The standard InChI is InChI=1S/C19H22N8O2/c1-12-14(9-24(3)20-12)17-8-18(15-10-25(4)21-13(15)2)27(23-17)11-26-7-6-16(22-26)19(28)29-5/h6-10H,11H2,1-5H3. The van der Waals surface area contributed by atoms with Crippen molar-refractivity contribution < 1.29 is 9.53 Å². The van der Waals surface area contributed by atoms with Crippen molar-refractivity contribution in [2.75, 3.05) is 7.11 Å². The van der Waals surface area contributed by atoms with Gasteiger partial charge in [0.25, 0.3) is 0 Å². The van der Waals surface area contributed by atoms with E-state index in [2.05, 4.69) is 15.3 Å². The highest BCUT2D eigenvalue weighted by Crippen LogP contribution is 2.29. The van der Waals surface area contributed by atoms with Crippen LogP contribution in [0.2, 0.25) is 0 Å². The van der Waals surface area contributed by atoms with Crippen molar-refractivity contribution >= 4 is 5.97 Å². The van der Waals surface area contributed by atoms with E-state index in [4.69, 9.17) is 9.84 Å². The first-order valence-corrected chi connectivity index (χ1v) is 9.06. The Hall–Kier alpha value is -3.69. The monoisotopic (exact) mass is 394 g/mol. The minimum atomic E-state index is -0.473. The van der Waals surface area contributed by atoms with Gasteiger partial charge in [0.15, 0.2) is 5.69 Å². The lowest BCUT2D eigenvalue weighted by atomic mass is 10.1. The normalized spacial score (nSPS) is 11.2. The Morgan fingerprint density at radius 2 is 1.66 bits per heavy atom. The van der Waals surface area contributed by atoms with E-state index in [1.807, 2.05) is 51.1 Å². The van der Waals surface area contributed by atoms with E-state index < -0.39 is 5.97 Å². The SMILES string of the molecule is COC(=O)c1ccn(Cn2nc(-c3cn(C)nc3C)cc2-c2cn(C)nc2C)n1. The average molecular weight is 394 g/mol. The van der Waals surface area contributed by atoms with Crippen LogP contribution in [0.4, 0.5) is 0 Å². The van der Waals surface area contributed by atoms with Gasteiger partial charge in [-0.2, -0.15) is 20.4 Å². The molecule has 4 rings (SSSR count). The molecule has 0 saturated heterocycles. The molecule has 0 N–H and O–H groups in total. The van der Waals surface area contributed by atoms with Gasteiger partial charge < -0.3 is 4.74 Å². The first kappa shape index (κ1) is 18.7. The summed E-state index contributed by atoms with van der Waals surface area (Å²) in [4.78, 5) is 11.7. The zero-order valence-corrected chi connectivity index (χ0v) is 17.0. The Morgan fingerprint density at radius 1 is 1.00 bits per heavy atom. The zero-order valence-electron chi connectivity index (χ0n) is 17.0. The van der Waals surface area contributed by atoms with Crippen LogP contribution < -0.4 is 0 Å².